The molecule has 0 bridgehead atoms. The molecular formula is C18H19ClN2O5. The fourth-order valence-electron chi connectivity index (χ4n) is 2.12. The van der Waals surface area contributed by atoms with E-state index in [1.54, 1.807) is 24.3 Å². The van der Waals surface area contributed by atoms with Gasteiger partial charge in [0.05, 0.1) is 19.8 Å². The van der Waals surface area contributed by atoms with Gasteiger partial charge in [-0.1, -0.05) is 17.7 Å². The SMILES string of the molecule is COc1cc(C)ccc1OCC(=O)NNC(=O)c1cc(Cl)ccc1OC. The second-order valence-electron chi connectivity index (χ2n) is 5.29. The van der Waals surface area contributed by atoms with Crippen molar-refractivity contribution in [3.63, 3.8) is 0 Å². The average Bonchev–Trinajstić information content (AvgIpc) is 2.64. The fraction of sp³-hybridized carbons (Fsp3) is 0.222. The van der Waals surface area contributed by atoms with Crippen molar-refractivity contribution in [3.8, 4) is 17.2 Å². The van der Waals surface area contributed by atoms with E-state index in [0.29, 0.717) is 22.3 Å². The molecule has 2 N–H and O–H groups in total. The summed E-state index contributed by atoms with van der Waals surface area (Å²) in [6.07, 6.45) is 0. The molecule has 0 aromatic heterocycles. The van der Waals surface area contributed by atoms with Crippen molar-refractivity contribution >= 4 is 23.4 Å². The van der Waals surface area contributed by atoms with Crippen molar-refractivity contribution in [2.45, 2.75) is 6.92 Å². The highest BCUT2D eigenvalue weighted by Gasteiger charge is 2.14. The van der Waals surface area contributed by atoms with E-state index in [1.807, 2.05) is 13.0 Å². The second kappa shape index (κ2) is 8.96. The van der Waals surface area contributed by atoms with E-state index in [-0.39, 0.29) is 12.2 Å². The van der Waals surface area contributed by atoms with Crippen LogP contribution in [0.5, 0.6) is 17.2 Å². The lowest BCUT2D eigenvalue weighted by Crippen LogP contribution is -2.43. The Morgan fingerprint density at radius 2 is 1.65 bits per heavy atom. The number of hydrogen-bond acceptors (Lipinski definition) is 5. The van der Waals surface area contributed by atoms with Crippen molar-refractivity contribution in [2.24, 2.45) is 0 Å². The molecule has 0 unspecified atom stereocenters. The summed E-state index contributed by atoms with van der Waals surface area (Å²) >= 11 is 5.88. The van der Waals surface area contributed by atoms with E-state index in [1.165, 1.54) is 20.3 Å². The Morgan fingerprint density at radius 1 is 0.962 bits per heavy atom. The van der Waals surface area contributed by atoms with Crippen LogP contribution in [0.4, 0.5) is 0 Å². The van der Waals surface area contributed by atoms with Gasteiger partial charge in [-0.3, -0.25) is 20.4 Å². The quantitative estimate of drug-likeness (QED) is 0.754. The topological polar surface area (TPSA) is 85.9 Å². The maximum Gasteiger partial charge on any atom is 0.276 e. The molecule has 2 aromatic rings. The molecule has 2 aromatic carbocycles. The molecule has 8 heteroatoms. The van der Waals surface area contributed by atoms with Gasteiger partial charge in [-0.25, -0.2) is 0 Å². The summed E-state index contributed by atoms with van der Waals surface area (Å²) in [5.74, 6) is 0.177. The summed E-state index contributed by atoms with van der Waals surface area (Å²) in [4.78, 5) is 24.1. The Morgan fingerprint density at radius 3 is 2.35 bits per heavy atom. The highest BCUT2D eigenvalue weighted by molar-refractivity contribution is 6.31. The predicted molar refractivity (Wildman–Crippen MR) is 96.8 cm³/mol. The Labute approximate surface area is 156 Å². The lowest BCUT2D eigenvalue weighted by molar-refractivity contribution is -0.123. The molecule has 2 rings (SSSR count). The molecule has 0 aliphatic rings. The number of carbonyl (C=O) groups excluding carboxylic acids is 2. The summed E-state index contributed by atoms with van der Waals surface area (Å²) in [5, 5.41) is 0.372. The maximum absolute atomic E-state index is 12.2. The summed E-state index contributed by atoms with van der Waals surface area (Å²) in [5.41, 5.74) is 5.75. The number of aryl methyl sites for hydroxylation is 1. The molecule has 0 radical (unpaired) electrons. The van der Waals surface area contributed by atoms with E-state index < -0.39 is 11.8 Å². The van der Waals surface area contributed by atoms with Crippen LogP contribution < -0.4 is 25.1 Å². The lowest BCUT2D eigenvalue weighted by Gasteiger charge is -2.13. The van der Waals surface area contributed by atoms with Gasteiger partial charge in [0, 0.05) is 5.02 Å². The number of hydrazine groups is 1. The van der Waals surface area contributed by atoms with Gasteiger partial charge in [0.2, 0.25) is 0 Å². The van der Waals surface area contributed by atoms with Gasteiger partial charge in [-0.15, -0.1) is 0 Å². The molecule has 0 atom stereocenters. The molecule has 0 aliphatic heterocycles. The minimum absolute atomic E-state index is 0.196. The normalized spacial score (nSPS) is 10.0. The molecule has 0 saturated heterocycles. The summed E-state index contributed by atoms with van der Waals surface area (Å²) in [6, 6.07) is 9.93. The van der Waals surface area contributed by atoms with E-state index in [0.717, 1.165) is 5.56 Å². The Bertz CT molecular complexity index is 810. The zero-order valence-corrected chi connectivity index (χ0v) is 15.3. The van der Waals surface area contributed by atoms with Gasteiger partial charge in [-0.2, -0.15) is 0 Å². The van der Waals surface area contributed by atoms with Crippen LogP contribution >= 0.6 is 11.6 Å². The summed E-state index contributed by atoms with van der Waals surface area (Å²) in [6.45, 7) is 1.62. The number of hydrogen-bond donors (Lipinski definition) is 2. The molecule has 0 fully saturated rings. The largest absolute Gasteiger partial charge is 0.496 e. The number of halogens is 1. The second-order valence-corrected chi connectivity index (χ2v) is 5.73. The molecule has 2 amide bonds. The molecular weight excluding hydrogens is 360 g/mol. The van der Waals surface area contributed by atoms with E-state index in [4.69, 9.17) is 25.8 Å². The van der Waals surface area contributed by atoms with Crippen LogP contribution in [0.25, 0.3) is 0 Å². The average molecular weight is 379 g/mol. The van der Waals surface area contributed by atoms with E-state index in [9.17, 15) is 9.59 Å². The van der Waals surface area contributed by atoms with Crippen molar-refractivity contribution in [2.75, 3.05) is 20.8 Å². The van der Waals surface area contributed by atoms with Crippen LogP contribution in [0.15, 0.2) is 36.4 Å². The minimum atomic E-state index is -0.564. The van der Waals surface area contributed by atoms with Crippen molar-refractivity contribution in [3.05, 3.63) is 52.5 Å². The Kier molecular flexibility index (Phi) is 6.68. The third-order valence-electron chi connectivity index (χ3n) is 3.40. The number of amides is 2. The molecule has 26 heavy (non-hydrogen) atoms. The van der Waals surface area contributed by atoms with Gasteiger partial charge in [0.1, 0.15) is 5.75 Å². The first-order chi connectivity index (χ1) is 12.4. The van der Waals surface area contributed by atoms with Gasteiger partial charge >= 0.3 is 0 Å². The van der Waals surface area contributed by atoms with Gasteiger partial charge in [0.15, 0.2) is 18.1 Å². The lowest BCUT2D eigenvalue weighted by atomic mass is 10.2. The van der Waals surface area contributed by atoms with Crippen LogP contribution in [0.3, 0.4) is 0 Å². The van der Waals surface area contributed by atoms with Gasteiger partial charge in [0.25, 0.3) is 11.8 Å². The molecule has 7 nitrogen and oxygen atoms in total. The summed E-state index contributed by atoms with van der Waals surface area (Å²) in [7, 11) is 2.95. The zero-order chi connectivity index (χ0) is 19.1. The van der Waals surface area contributed by atoms with Crippen LogP contribution in [0, 0.1) is 6.92 Å². The van der Waals surface area contributed by atoms with E-state index in [2.05, 4.69) is 10.9 Å². The molecule has 0 heterocycles. The number of carbonyl (C=O) groups is 2. The molecule has 138 valence electrons. The first-order valence-electron chi connectivity index (χ1n) is 7.64. The first-order valence-corrected chi connectivity index (χ1v) is 8.02. The van der Waals surface area contributed by atoms with E-state index >= 15 is 0 Å². The van der Waals surface area contributed by atoms with Crippen LogP contribution in [-0.2, 0) is 4.79 Å². The third kappa shape index (κ3) is 5.03. The standard InChI is InChI=1S/C18H19ClN2O5/c1-11-4-6-15(16(8-11)25-3)26-10-17(22)20-21-18(23)13-9-12(19)5-7-14(13)24-2/h4-9H,10H2,1-3H3,(H,20,22)(H,21,23). The van der Waals surface area contributed by atoms with Gasteiger partial charge in [-0.05, 0) is 42.8 Å². The first kappa shape index (κ1) is 19.4. The van der Waals surface area contributed by atoms with Gasteiger partial charge < -0.3 is 14.2 Å². The number of benzene rings is 2. The monoisotopic (exact) mass is 378 g/mol. The fourth-order valence-corrected chi connectivity index (χ4v) is 2.30. The third-order valence-corrected chi connectivity index (χ3v) is 3.63. The number of rotatable bonds is 6. The highest BCUT2D eigenvalue weighted by Crippen LogP contribution is 2.27. The molecule has 0 spiro atoms. The molecule has 0 aliphatic carbocycles. The smallest absolute Gasteiger partial charge is 0.276 e. The van der Waals surface area contributed by atoms with Crippen molar-refractivity contribution in [1.29, 1.82) is 0 Å². The zero-order valence-electron chi connectivity index (χ0n) is 14.6. The highest BCUT2D eigenvalue weighted by atomic mass is 35.5. The Hall–Kier alpha value is -2.93. The van der Waals surface area contributed by atoms with Crippen molar-refractivity contribution < 1.29 is 23.8 Å². The number of nitrogens with one attached hydrogen (secondary N) is 2. The van der Waals surface area contributed by atoms with Crippen LogP contribution in [0.1, 0.15) is 15.9 Å². The maximum atomic E-state index is 12.2. The number of ether oxygens (including phenoxy) is 3. The number of methoxy groups -OCH3 is 2. The van der Waals surface area contributed by atoms with Crippen LogP contribution in [0.2, 0.25) is 5.02 Å². The Balaban J connectivity index is 1.91. The van der Waals surface area contributed by atoms with Crippen molar-refractivity contribution in [1.82, 2.24) is 10.9 Å². The summed E-state index contributed by atoms with van der Waals surface area (Å²) < 4.78 is 15.7. The van der Waals surface area contributed by atoms with Crippen LogP contribution in [-0.4, -0.2) is 32.6 Å². The predicted octanol–water partition coefficient (Wildman–Crippen LogP) is 2.51. The molecule has 0 saturated carbocycles. The minimum Gasteiger partial charge on any atom is -0.496 e.